The highest BCUT2D eigenvalue weighted by atomic mass is 31.2. The van der Waals surface area contributed by atoms with Crippen LogP contribution in [0.2, 0.25) is 0 Å². The van der Waals surface area contributed by atoms with E-state index < -0.39 is 18.4 Å². The summed E-state index contributed by atoms with van der Waals surface area (Å²) < 4.78 is 27.4. The molecule has 0 aromatic carbocycles. The molecule has 0 spiro atoms. The van der Waals surface area contributed by atoms with Crippen LogP contribution in [0.15, 0.2) is 0 Å². The Kier molecular flexibility index (Phi) is 4.11. The van der Waals surface area contributed by atoms with Crippen LogP contribution in [-0.4, -0.2) is 38.2 Å². The number of Topliss-reactive ketones (excluding diaryl/α,β-unsaturated/α-hetero) is 1. The smallest absolute Gasteiger partial charge is 0.338 e. The number of methoxy groups -OCH3 is 1. The topological polar surface area (TPSA) is 78.9 Å². The number of carbonyl (C=O) groups is 2. The van der Waals surface area contributed by atoms with Gasteiger partial charge in [0.2, 0.25) is 0 Å². The molecule has 3 aliphatic carbocycles. The Hall–Kier alpha value is -0.710. The molecule has 7 heteroatoms. The molecular weight excluding hydrogens is 283 g/mol. The first kappa shape index (κ1) is 15.7. The van der Waals surface area contributed by atoms with Crippen molar-refractivity contribution >= 4 is 19.3 Å². The van der Waals surface area contributed by atoms with Crippen molar-refractivity contribution in [3.63, 3.8) is 0 Å². The van der Waals surface area contributed by atoms with Gasteiger partial charge in [0.25, 0.3) is 0 Å². The summed E-state index contributed by atoms with van der Waals surface area (Å²) in [5.41, 5.74) is -0.969. The first-order valence-corrected chi connectivity index (χ1v) is 8.58. The van der Waals surface area contributed by atoms with Gasteiger partial charge in [-0.1, -0.05) is 0 Å². The zero-order valence-corrected chi connectivity index (χ0v) is 13.0. The normalized spacial score (nSPS) is 31.1. The first-order chi connectivity index (χ1) is 9.35. The monoisotopic (exact) mass is 304 g/mol. The average molecular weight is 304 g/mol. The highest BCUT2D eigenvalue weighted by molar-refractivity contribution is 7.54. The lowest BCUT2D eigenvalue weighted by atomic mass is 9.34. The third-order valence-corrected chi connectivity index (χ3v) is 6.21. The summed E-state index contributed by atoms with van der Waals surface area (Å²) >= 11 is 0. The second-order valence-electron chi connectivity index (χ2n) is 5.61. The Morgan fingerprint density at radius 1 is 1.05 bits per heavy atom. The van der Waals surface area contributed by atoms with Crippen LogP contribution in [0, 0.1) is 10.8 Å². The fourth-order valence-corrected chi connectivity index (χ4v) is 5.11. The fraction of sp³-hybridized carbons (Fsp3) is 0.846. The van der Waals surface area contributed by atoms with Crippen LogP contribution in [0.4, 0.5) is 0 Å². The molecule has 3 saturated carbocycles. The standard InChI is InChI=1S/C13H21O6P/c1-4-18-20(16,19-5-2)6-10(14)12-7-13(8-12,9-12)11(15)17-3/h4-9H2,1-3H3. The van der Waals surface area contributed by atoms with Crippen LogP contribution < -0.4 is 0 Å². The molecular formula is C13H21O6P. The third-order valence-electron chi connectivity index (χ3n) is 4.23. The van der Waals surface area contributed by atoms with Gasteiger partial charge >= 0.3 is 13.6 Å². The summed E-state index contributed by atoms with van der Waals surface area (Å²) in [6, 6.07) is 0. The van der Waals surface area contributed by atoms with Crippen molar-refractivity contribution in [2.75, 3.05) is 26.5 Å². The van der Waals surface area contributed by atoms with Crippen molar-refractivity contribution in [1.82, 2.24) is 0 Å². The molecule has 0 aromatic rings. The average Bonchev–Trinajstić information content (AvgIpc) is 2.25. The van der Waals surface area contributed by atoms with Gasteiger partial charge in [0.1, 0.15) is 6.16 Å². The highest BCUT2D eigenvalue weighted by Gasteiger charge is 2.75. The number of esters is 1. The van der Waals surface area contributed by atoms with Crippen LogP contribution in [-0.2, 0) is 27.9 Å². The zero-order chi connectivity index (χ0) is 15.0. The molecule has 0 amide bonds. The van der Waals surface area contributed by atoms with E-state index in [0.29, 0.717) is 19.3 Å². The van der Waals surface area contributed by atoms with E-state index in [-0.39, 0.29) is 31.1 Å². The third kappa shape index (κ3) is 2.34. The van der Waals surface area contributed by atoms with Crippen molar-refractivity contribution in [3.8, 4) is 0 Å². The van der Waals surface area contributed by atoms with E-state index in [1.54, 1.807) is 13.8 Å². The Morgan fingerprint density at radius 3 is 1.95 bits per heavy atom. The molecule has 2 bridgehead atoms. The molecule has 0 atom stereocenters. The predicted molar refractivity (Wildman–Crippen MR) is 71.5 cm³/mol. The maximum absolute atomic E-state index is 12.3. The number of ketones is 1. The van der Waals surface area contributed by atoms with Gasteiger partial charge in [-0.2, -0.15) is 0 Å². The first-order valence-electron chi connectivity index (χ1n) is 6.85. The molecule has 0 radical (unpaired) electrons. The lowest BCUT2D eigenvalue weighted by Gasteiger charge is -2.67. The van der Waals surface area contributed by atoms with Crippen molar-refractivity contribution in [2.45, 2.75) is 33.1 Å². The minimum Gasteiger partial charge on any atom is -0.469 e. The van der Waals surface area contributed by atoms with Crippen molar-refractivity contribution in [1.29, 1.82) is 0 Å². The van der Waals surface area contributed by atoms with Crippen LogP contribution in [0.1, 0.15) is 33.1 Å². The van der Waals surface area contributed by atoms with Gasteiger partial charge in [-0.3, -0.25) is 14.2 Å². The van der Waals surface area contributed by atoms with Gasteiger partial charge in [-0.25, -0.2) is 0 Å². The molecule has 114 valence electrons. The summed E-state index contributed by atoms with van der Waals surface area (Å²) in [4.78, 5) is 23.9. The van der Waals surface area contributed by atoms with Gasteiger partial charge in [0.05, 0.1) is 25.7 Å². The lowest BCUT2D eigenvalue weighted by molar-refractivity contribution is -0.220. The van der Waals surface area contributed by atoms with Crippen LogP contribution in [0.25, 0.3) is 0 Å². The highest BCUT2D eigenvalue weighted by Crippen LogP contribution is 2.74. The van der Waals surface area contributed by atoms with Crippen molar-refractivity contribution in [3.05, 3.63) is 0 Å². The summed E-state index contributed by atoms with van der Waals surface area (Å²) in [6.45, 7) is 3.90. The van der Waals surface area contributed by atoms with Crippen LogP contribution >= 0.6 is 7.60 Å². The summed E-state index contributed by atoms with van der Waals surface area (Å²) in [6.07, 6.45) is 1.31. The Labute approximate surface area is 118 Å². The maximum atomic E-state index is 12.3. The summed E-state index contributed by atoms with van der Waals surface area (Å²) in [5, 5.41) is 0. The van der Waals surface area contributed by atoms with Gasteiger partial charge in [-0.05, 0) is 33.1 Å². The lowest BCUT2D eigenvalue weighted by Crippen LogP contribution is -2.69. The number of hydrogen-bond acceptors (Lipinski definition) is 6. The molecule has 0 heterocycles. The number of rotatable bonds is 8. The predicted octanol–water partition coefficient (Wildman–Crippen LogP) is 2.16. The summed E-state index contributed by atoms with van der Waals surface area (Å²) in [7, 11) is -1.99. The minimum absolute atomic E-state index is 0.117. The molecule has 0 N–H and O–H groups in total. The molecule has 3 rings (SSSR count). The van der Waals surface area contributed by atoms with Gasteiger partial charge in [-0.15, -0.1) is 0 Å². The van der Waals surface area contributed by atoms with Gasteiger partial charge in [0, 0.05) is 5.41 Å². The number of hydrogen-bond donors (Lipinski definition) is 0. The molecule has 0 aromatic heterocycles. The van der Waals surface area contributed by atoms with E-state index in [1.807, 2.05) is 0 Å². The minimum atomic E-state index is -3.35. The van der Waals surface area contributed by atoms with E-state index in [4.69, 9.17) is 13.8 Å². The molecule has 0 aliphatic heterocycles. The van der Waals surface area contributed by atoms with E-state index in [9.17, 15) is 14.2 Å². The molecule has 20 heavy (non-hydrogen) atoms. The number of ether oxygens (including phenoxy) is 1. The molecule has 3 aliphatic rings. The second-order valence-corrected chi connectivity index (χ2v) is 7.66. The van der Waals surface area contributed by atoms with Gasteiger partial charge < -0.3 is 13.8 Å². The molecule has 0 unspecified atom stereocenters. The molecule has 6 nitrogen and oxygen atoms in total. The second kappa shape index (κ2) is 5.24. The number of carbonyl (C=O) groups excluding carboxylic acids is 2. The molecule has 0 saturated heterocycles. The Bertz CT molecular complexity index is 442. The van der Waals surface area contributed by atoms with E-state index in [1.165, 1.54) is 7.11 Å². The van der Waals surface area contributed by atoms with E-state index in [2.05, 4.69) is 0 Å². The largest absolute Gasteiger partial charge is 0.469 e. The van der Waals surface area contributed by atoms with Crippen LogP contribution in [0.3, 0.4) is 0 Å². The van der Waals surface area contributed by atoms with Crippen molar-refractivity contribution in [2.24, 2.45) is 10.8 Å². The van der Waals surface area contributed by atoms with Crippen LogP contribution in [0.5, 0.6) is 0 Å². The van der Waals surface area contributed by atoms with E-state index in [0.717, 1.165) is 0 Å². The Balaban J connectivity index is 1.95. The Morgan fingerprint density at radius 2 is 1.55 bits per heavy atom. The van der Waals surface area contributed by atoms with Crippen molar-refractivity contribution < 1.29 is 27.9 Å². The SMILES string of the molecule is CCOP(=O)(CC(=O)C12CC(C(=O)OC)(C1)C2)OCC. The van der Waals surface area contributed by atoms with Gasteiger partial charge in [0.15, 0.2) is 5.78 Å². The fourth-order valence-electron chi connectivity index (χ4n) is 3.38. The maximum Gasteiger partial charge on any atom is 0.338 e. The summed E-state index contributed by atoms with van der Waals surface area (Å²) in [5.74, 6) is -0.363. The quantitative estimate of drug-likeness (QED) is 0.505. The zero-order valence-electron chi connectivity index (χ0n) is 12.1. The van der Waals surface area contributed by atoms with E-state index >= 15 is 0 Å². The molecule has 3 fully saturated rings.